The first-order valence-corrected chi connectivity index (χ1v) is 13.1. The molecule has 3 heterocycles. The van der Waals surface area contributed by atoms with Gasteiger partial charge in [0.2, 0.25) is 5.91 Å². The first-order valence-electron chi connectivity index (χ1n) is 12.3. The molecule has 2 aromatic heterocycles. The Kier molecular flexibility index (Phi) is 7.44. The topological polar surface area (TPSA) is 62.2 Å². The van der Waals surface area contributed by atoms with Gasteiger partial charge in [-0.2, -0.15) is 0 Å². The number of aryl methyl sites for hydroxylation is 1. The van der Waals surface area contributed by atoms with Crippen molar-refractivity contribution in [2.45, 2.75) is 32.4 Å². The first kappa shape index (κ1) is 25.9. The first-order chi connectivity index (χ1) is 18.3. The lowest BCUT2D eigenvalue weighted by Gasteiger charge is -2.28. The summed E-state index contributed by atoms with van der Waals surface area (Å²) >= 11 is 12.1. The van der Waals surface area contributed by atoms with Gasteiger partial charge >= 0.3 is 0 Å². The minimum atomic E-state index is -0.352. The van der Waals surface area contributed by atoms with E-state index >= 15 is 0 Å². The molecule has 9 heteroatoms. The van der Waals surface area contributed by atoms with Gasteiger partial charge in [0, 0.05) is 46.9 Å². The van der Waals surface area contributed by atoms with Crippen molar-refractivity contribution in [3.63, 3.8) is 0 Å². The van der Waals surface area contributed by atoms with E-state index in [4.69, 9.17) is 23.8 Å². The molecule has 0 spiro atoms. The van der Waals surface area contributed by atoms with Crippen molar-refractivity contribution in [2.75, 3.05) is 11.9 Å². The van der Waals surface area contributed by atoms with Crippen molar-refractivity contribution >= 4 is 40.5 Å². The third-order valence-electron chi connectivity index (χ3n) is 6.76. The molecular weight excluding hydrogens is 521 g/mol. The molecule has 0 aliphatic carbocycles. The SMILES string of the molecule is Cc1cc([C@H]2[C@@H](c3ccccn3)NC(=S)N2CCC(=O)Nc2ccc(F)cc2)c(C)n1-c1cccc(Cl)c1. The Bertz CT molecular complexity index is 1470. The Balaban J connectivity index is 1.46. The highest BCUT2D eigenvalue weighted by molar-refractivity contribution is 7.80. The van der Waals surface area contributed by atoms with Gasteiger partial charge in [-0.1, -0.05) is 23.7 Å². The molecule has 0 unspecified atom stereocenters. The lowest BCUT2D eigenvalue weighted by Crippen LogP contribution is -2.32. The maximum Gasteiger partial charge on any atom is 0.226 e. The van der Waals surface area contributed by atoms with Crippen LogP contribution in [0, 0.1) is 19.7 Å². The number of thiocarbonyl (C=S) groups is 1. The van der Waals surface area contributed by atoms with Gasteiger partial charge in [0.15, 0.2) is 5.11 Å². The summed E-state index contributed by atoms with van der Waals surface area (Å²) in [4.78, 5) is 19.4. The van der Waals surface area contributed by atoms with Crippen LogP contribution in [0.25, 0.3) is 5.69 Å². The zero-order valence-electron chi connectivity index (χ0n) is 21.0. The second-order valence-electron chi connectivity index (χ2n) is 9.27. The van der Waals surface area contributed by atoms with E-state index in [1.165, 1.54) is 12.1 Å². The van der Waals surface area contributed by atoms with Gasteiger partial charge in [0.05, 0.1) is 17.8 Å². The normalized spacial score (nSPS) is 16.9. The number of rotatable bonds is 7. The van der Waals surface area contributed by atoms with Gasteiger partial charge in [-0.3, -0.25) is 9.78 Å². The highest BCUT2D eigenvalue weighted by Crippen LogP contribution is 2.41. The van der Waals surface area contributed by atoms with E-state index in [0.717, 1.165) is 28.3 Å². The highest BCUT2D eigenvalue weighted by atomic mass is 35.5. The van der Waals surface area contributed by atoms with Crippen LogP contribution in [0.15, 0.2) is 79.0 Å². The molecule has 1 saturated heterocycles. The van der Waals surface area contributed by atoms with Crippen molar-refractivity contribution < 1.29 is 9.18 Å². The molecule has 0 bridgehead atoms. The van der Waals surface area contributed by atoms with E-state index in [2.05, 4.69) is 45.0 Å². The van der Waals surface area contributed by atoms with Gasteiger partial charge in [0.25, 0.3) is 0 Å². The van der Waals surface area contributed by atoms with Crippen molar-refractivity contribution in [3.8, 4) is 5.69 Å². The van der Waals surface area contributed by atoms with E-state index in [-0.39, 0.29) is 30.2 Å². The number of carbonyl (C=O) groups excluding carboxylic acids is 1. The smallest absolute Gasteiger partial charge is 0.226 e. The molecule has 0 radical (unpaired) electrons. The molecule has 0 saturated carbocycles. The number of anilines is 1. The van der Waals surface area contributed by atoms with E-state index in [1.807, 2.05) is 42.5 Å². The number of hydrogen-bond donors (Lipinski definition) is 2. The summed E-state index contributed by atoms with van der Waals surface area (Å²) in [6, 6.07) is 21.1. The fraction of sp³-hybridized carbons (Fsp3) is 0.207. The minimum Gasteiger partial charge on any atom is -0.352 e. The Hall–Kier alpha value is -3.75. The summed E-state index contributed by atoms with van der Waals surface area (Å²) in [5.74, 6) is -0.529. The Morgan fingerprint density at radius 3 is 2.61 bits per heavy atom. The molecule has 1 aliphatic heterocycles. The molecule has 2 aromatic carbocycles. The van der Waals surface area contributed by atoms with Crippen LogP contribution in [-0.4, -0.2) is 32.0 Å². The third-order valence-corrected chi connectivity index (χ3v) is 7.35. The second kappa shape index (κ2) is 10.9. The highest BCUT2D eigenvalue weighted by Gasteiger charge is 2.41. The molecule has 2 atom stereocenters. The van der Waals surface area contributed by atoms with E-state index in [9.17, 15) is 9.18 Å². The summed E-state index contributed by atoms with van der Waals surface area (Å²) in [5.41, 5.74) is 5.60. The minimum absolute atomic E-state index is 0.177. The van der Waals surface area contributed by atoms with Crippen LogP contribution in [0.4, 0.5) is 10.1 Å². The third kappa shape index (κ3) is 5.28. The molecule has 38 heavy (non-hydrogen) atoms. The van der Waals surface area contributed by atoms with Crippen LogP contribution in [0.5, 0.6) is 0 Å². The van der Waals surface area contributed by atoms with Crippen molar-refractivity contribution in [2.24, 2.45) is 0 Å². The number of nitrogens with zero attached hydrogens (tertiary/aromatic N) is 3. The van der Waals surface area contributed by atoms with E-state index < -0.39 is 0 Å². The maximum absolute atomic E-state index is 13.2. The predicted octanol–water partition coefficient (Wildman–Crippen LogP) is 6.28. The molecule has 1 aliphatic rings. The van der Waals surface area contributed by atoms with Crippen LogP contribution in [0.1, 0.15) is 41.1 Å². The number of carbonyl (C=O) groups is 1. The summed E-state index contributed by atoms with van der Waals surface area (Å²) in [6.07, 6.45) is 1.98. The molecule has 1 amide bonds. The number of pyridine rings is 1. The molecule has 1 fully saturated rings. The molecule has 4 aromatic rings. The Morgan fingerprint density at radius 1 is 1.11 bits per heavy atom. The van der Waals surface area contributed by atoms with Gasteiger partial charge in [-0.15, -0.1) is 0 Å². The van der Waals surface area contributed by atoms with Crippen molar-refractivity contribution in [1.29, 1.82) is 0 Å². The zero-order valence-corrected chi connectivity index (χ0v) is 22.6. The van der Waals surface area contributed by atoms with Crippen LogP contribution < -0.4 is 10.6 Å². The number of benzene rings is 2. The maximum atomic E-state index is 13.2. The van der Waals surface area contributed by atoms with E-state index in [0.29, 0.717) is 22.4 Å². The van der Waals surface area contributed by atoms with Crippen molar-refractivity contribution in [1.82, 2.24) is 19.8 Å². The summed E-state index contributed by atoms with van der Waals surface area (Å²) in [5, 5.41) is 7.51. The van der Waals surface area contributed by atoms with Gasteiger partial charge in [-0.05, 0) is 92.3 Å². The summed E-state index contributed by atoms with van der Waals surface area (Å²) in [7, 11) is 0. The second-order valence-corrected chi connectivity index (χ2v) is 10.1. The van der Waals surface area contributed by atoms with Crippen LogP contribution in [-0.2, 0) is 4.79 Å². The lowest BCUT2D eigenvalue weighted by molar-refractivity contribution is -0.116. The molecule has 6 nitrogen and oxygen atoms in total. The number of nitrogens with one attached hydrogen (secondary N) is 2. The van der Waals surface area contributed by atoms with Gasteiger partial charge in [-0.25, -0.2) is 4.39 Å². The van der Waals surface area contributed by atoms with Crippen molar-refractivity contribution in [3.05, 3.63) is 112 Å². The molecule has 2 N–H and O–H groups in total. The lowest BCUT2D eigenvalue weighted by atomic mass is 9.96. The number of halogens is 2. The number of hydrogen-bond acceptors (Lipinski definition) is 3. The van der Waals surface area contributed by atoms with Crippen LogP contribution in [0.3, 0.4) is 0 Å². The predicted molar refractivity (Wildman–Crippen MR) is 152 cm³/mol. The average Bonchev–Trinajstić information content (AvgIpc) is 3.39. The van der Waals surface area contributed by atoms with Gasteiger partial charge < -0.3 is 20.1 Å². The molecule has 194 valence electrons. The molecular formula is C29H27ClFN5OS. The Labute approximate surface area is 231 Å². The van der Waals surface area contributed by atoms with Gasteiger partial charge in [0.1, 0.15) is 5.82 Å². The summed E-state index contributed by atoms with van der Waals surface area (Å²) in [6.45, 7) is 4.54. The zero-order chi connectivity index (χ0) is 26.8. The van der Waals surface area contributed by atoms with Crippen LogP contribution >= 0.6 is 23.8 Å². The molecule has 5 rings (SSSR count). The monoisotopic (exact) mass is 547 g/mol. The summed E-state index contributed by atoms with van der Waals surface area (Å²) < 4.78 is 15.4. The number of aromatic nitrogens is 2. The fourth-order valence-corrected chi connectivity index (χ4v) is 5.58. The fourth-order valence-electron chi connectivity index (χ4n) is 5.06. The average molecular weight is 548 g/mol. The largest absolute Gasteiger partial charge is 0.352 e. The Morgan fingerprint density at radius 2 is 1.89 bits per heavy atom. The standard InChI is InChI=1S/C29H27ClFN5OS/c1-18-16-24(19(2)36(18)23-7-5-6-20(30)17-23)28-27(25-8-3-4-14-32-25)34-29(38)35(28)15-13-26(37)33-22-11-9-21(31)10-12-22/h3-12,14,16-17,27-28H,13,15H2,1-2H3,(H,33,37)(H,34,38)/t27-,28+/m1/s1. The van der Waals surface area contributed by atoms with Crippen LogP contribution in [0.2, 0.25) is 5.02 Å². The quantitative estimate of drug-likeness (QED) is 0.267. The van der Waals surface area contributed by atoms with E-state index in [1.54, 1.807) is 18.3 Å². The number of amides is 1.